The van der Waals surface area contributed by atoms with Gasteiger partial charge in [-0.05, 0) is 96.9 Å². The highest BCUT2D eigenvalue weighted by Gasteiger charge is 2.32. The fraction of sp³-hybridized carbons (Fsp3) is 0.594. The summed E-state index contributed by atoms with van der Waals surface area (Å²) in [5.41, 5.74) is 4.69. The number of amides is 1. The Bertz CT molecular complexity index is 1480. The summed E-state index contributed by atoms with van der Waals surface area (Å²) >= 11 is 0. The molecule has 0 radical (unpaired) electrons. The third-order valence-electron chi connectivity index (χ3n) is 9.05. The molecule has 228 valence electrons. The Morgan fingerprint density at radius 1 is 1.05 bits per heavy atom. The summed E-state index contributed by atoms with van der Waals surface area (Å²) in [6.07, 6.45) is 8.43. The van der Waals surface area contributed by atoms with Gasteiger partial charge >= 0.3 is 0 Å². The SMILES string of the molecule is CCS(=O)(=O)NC1CCC(CN2CCC(c3cc(-c4ccccc4C(=O)N(C(C)C)C(C)C)c4cncnn34)C2)CC1. The first-order chi connectivity index (χ1) is 20.1. The number of aromatic nitrogens is 3. The molecule has 3 heterocycles. The zero-order valence-electron chi connectivity index (χ0n) is 25.7. The maximum absolute atomic E-state index is 13.8. The maximum Gasteiger partial charge on any atom is 0.254 e. The topological polar surface area (TPSA) is 99.9 Å². The summed E-state index contributed by atoms with van der Waals surface area (Å²) in [6.45, 7) is 13.0. The van der Waals surface area contributed by atoms with Gasteiger partial charge in [0.25, 0.3) is 5.91 Å². The van der Waals surface area contributed by atoms with E-state index in [0.717, 1.165) is 74.1 Å². The van der Waals surface area contributed by atoms with E-state index in [1.165, 1.54) is 0 Å². The lowest BCUT2D eigenvalue weighted by atomic mass is 9.86. The smallest absolute Gasteiger partial charge is 0.254 e. The molecule has 1 saturated heterocycles. The van der Waals surface area contributed by atoms with Gasteiger partial charge in [-0.25, -0.2) is 22.6 Å². The van der Waals surface area contributed by atoms with Gasteiger partial charge in [0.2, 0.25) is 10.0 Å². The Labute approximate surface area is 250 Å². The maximum atomic E-state index is 13.8. The minimum Gasteiger partial charge on any atom is -0.334 e. The predicted molar refractivity (Wildman–Crippen MR) is 167 cm³/mol. The van der Waals surface area contributed by atoms with E-state index in [1.54, 1.807) is 13.3 Å². The standard InChI is InChI=1S/C32H46N6O3S/c1-6-42(40,41)35-26-13-11-24(12-14-26)19-36-16-15-25(20-36)30-17-29(31-18-33-21-34-38(30)31)27-9-7-8-10-28(27)32(39)37(22(2)3)23(4)5/h7-10,17-18,21-26,35H,6,11-16,19-20H2,1-5H3. The molecule has 1 amide bonds. The number of rotatable bonds is 10. The summed E-state index contributed by atoms with van der Waals surface area (Å²) in [7, 11) is -3.15. The summed E-state index contributed by atoms with van der Waals surface area (Å²) in [5, 5.41) is 4.66. The van der Waals surface area contributed by atoms with Crippen LogP contribution in [0.2, 0.25) is 0 Å². The van der Waals surface area contributed by atoms with Crippen molar-refractivity contribution in [2.75, 3.05) is 25.4 Å². The number of carbonyl (C=O) groups excluding carboxylic acids is 1. The van der Waals surface area contributed by atoms with Gasteiger partial charge in [-0.1, -0.05) is 18.2 Å². The third-order valence-corrected chi connectivity index (χ3v) is 10.5. The molecule has 0 bridgehead atoms. The molecule has 1 atom stereocenters. The van der Waals surface area contributed by atoms with E-state index < -0.39 is 10.0 Å². The van der Waals surface area contributed by atoms with E-state index in [-0.39, 0.29) is 29.8 Å². The van der Waals surface area contributed by atoms with Crippen LogP contribution in [0.3, 0.4) is 0 Å². The molecule has 1 aromatic carbocycles. The number of fused-ring (bicyclic) bond motifs is 1. The molecule has 2 aromatic heterocycles. The Balaban J connectivity index is 1.33. The molecule has 1 aliphatic heterocycles. The van der Waals surface area contributed by atoms with Crippen molar-refractivity contribution in [1.82, 2.24) is 29.1 Å². The van der Waals surface area contributed by atoms with Crippen molar-refractivity contribution in [2.24, 2.45) is 5.92 Å². The number of sulfonamides is 1. The van der Waals surface area contributed by atoms with Crippen molar-refractivity contribution in [3.63, 3.8) is 0 Å². The first-order valence-corrected chi connectivity index (χ1v) is 17.2. The molecule has 1 aliphatic carbocycles. The predicted octanol–water partition coefficient (Wildman–Crippen LogP) is 4.94. The average Bonchev–Trinajstić information content (AvgIpc) is 3.58. The number of carbonyl (C=O) groups is 1. The molecule has 1 unspecified atom stereocenters. The van der Waals surface area contributed by atoms with Crippen molar-refractivity contribution in [3.05, 3.63) is 54.1 Å². The average molecular weight is 595 g/mol. The van der Waals surface area contributed by atoms with Crippen LogP contribution < -0.4 is 4.72 Å². The second kappa shape index (κ2) is 12.8. The molecule has 1 saturated carbocycles. The van der Waals surface area contributed by atoms with Crippen LogP contribution in [0, 0.1) is 5.92 Å². The largest absolute Gasteiger partial charge is 0.334 e. The number of hydrogen-bond donors (Lipinski definition) is 1. The molecule has 1 N–H and O–H groups in total. The number of hydrogen-bond acceptors (Lipinski definition) is 6. The summed E-state index contributed by atoms with van der Waals surface area (Å²) in [5.74, 6) is 1.10. The van der Waals surface area contributed by atoms with Gasteiger partial charge in [0.15, 0.2) is 0 Å². The molecule has 9 nitrogen and oxygen atoms in total. The molecule has 2 aliphatic rings. The van der Waals surface area contributed by atoms with Crippen molar-refractivity contribution >= 4 is 21.4 Å². The second-order valence-corrected chi connectivity index (χ2v) is 14.7. The van der Waals surface area contributed by atoms with Gasteiger partial charge in [-0.2, -0.15) is 5.10 Å². The summed E-state index contributed by atoms with van der Waals surface area (Å²) in [6, 6.07) is 10.4. The number of nitrogens with one attached hydrogen (secondary N) is 1. The first-order valence-electron chi connectivity index (χ1n) is 15.5. The van der Waals surface area contributed by atoms with E-state index in [1.807, 2.05) is 39.9 Å². The normalized spacial score (nSPS) is 21.9. The lowest BCUT2D eigenvalue weighted by Gasteiger charge is -2.31. The van der Waals surface area contributed by atoms with E-state index in [4.69, 9.17) is 0 Å². The van der Waals surface area contributed by atoms with Crippen LogP contribution >= 0.6 is 0 Å². The first kappa shape index (κ1) is 30.6. The van der Waals surface area contributed by atoms with E-state index in [0.29, 0.717) is 17.4 Å². The number of nitrogens with zero attached hydrogens (tertiary/aromatic N) is 5. The molecule has 2 fully saturated rings. The molecule has 3 aromatic rings. The monoisotopic (exact) mass is 594 g/mol. The molecule has 42 heavy (non-hydrogen) atoms. The number of benzene rings is 1. The van der Waals surface area contributed by atoms with Crippen LogP contribution in [0.25, 0.3) is 16.6 Å². The van der Waals surface area contributed by atoms with Crippen LogP contribution in [0.15, 0.2) is 42.9 Å². The number of likely N-dealkylation sites (tertiary alicyclic amines) is 1. The van der Waals surface area contributed by atoms with Crippen LogP contribution in [0.1, 0.15) is 88.7 Å². The third kappa shape index (κ3) is 6.55. The van der Waals surface area contributed by atoms with E-state index in [9.17, 15) is 13.2 Å². The highest BCUT2D eigenvalue weighted by atomic mass is 32.2. The van der Waals surface area contributed by atoms with E-state index in [2.05, 4.69) is 53.5 Å². The van der Waals surface area contributed by atoms with Crippen LogP contribution in [0.4, 0.5) is 0 Å². The zero-order chi connectivity index (χ0) is 30.0. The zero-order valence-corrected chi connectivity index (χ0v) is 26.5. The van der Waals surface area contributed by atoms with Gasteiger partial charge < -0.3 is 9.80 Å². The summed E-state index contributed by atoms with van der Waals surface area (Å²) in [4.78, 5) is 22.7. The Kier molecular flexibility index (Phi) is 9.34. The Hall–Kier alpha value is -2.82. The fourth-order valence-corrected chi connectivity index (χ4v) is 7.91. The molecular formula is C32H46N6O3S. The highest BCUT2D eigenvalue weighted by molar-refractivity contribution is 7.89. The molecular weight excluding hydrogens is 548 g/mol. The fourth-order valence-electron chi connectivity index (χ4n) is 7.00. The van der Waals surface area contributed by atoms with Crippen molar-refractivity contribution < 1.29 is 13.2 Å². The second-order valence-electron chi connectivity index (χ2n) is 12.6. The van der Waals surface area contributed by atoms with Crippen LogP contribution in [0.5, 0.6) is 0 Å². The van der Waals surface area contributed by atoms with Gasteiger partial charge in [0.05, 0.1) is 17.5 Å². The van der Waals surface area contributed by atoms with E-state index >= 15 is 0 Å². The van der Waals surface area contributed by atoms with Crippen molar-refractivity contribution in [2.45, 2.75) is 90.8 Å². The minimum absolute atomic E-state index is 0.0394. The van der Waals surface area contributed by atoms with Gasteiger partial charge in [-0.3, -0.25) is 4.79 Å². The highest BCUT2D eigenvalue weighted by Crippen LogP contribution is 2.37. The van der Waals surface area contributed by atoms with Gasteiger partial charge in [-0.15, -0.1) is 0 Å². The molecule has 10 heteroatoms. The Morgan fingerprint density at radius 3 is 2.45 bits per heavy atom. The Morgan fingerprint density at radius 2 is 1.76 bits per heavy atom. The van der Waals surface area contributed by atoms with Crippen molar-refractivity contribution in [1.29, 1.82) is 0 Å². The van der Waals surface area contributed by atoms with Gasteiger partial charge in [0.1, 0.15) is 6.33 Å². The van der Waals surface area contributed by atoms with Crippen LogP contribution in [-0.4, -0.2) is 82.2 Å². The summed E-state index contributed by atoms with van der Waals surface area (Å²) < 4.78 is 28.8. The lowest BCUT2D eigenvalue weighted by Crippen LogP contribution is -2.42. The van der Waals surface area contributed by atoms with Gasteiger partial charge in [0, 0.05) is 54.0 Å². The lowest BCUT2D eigenvalue weighted by molar-refractivity contribution is 0.0644. The van der Waals surface area contributed by atoms with Crippen LogP contribution in [-0.2, 0) is 10.0 Å². The molecule has 0 spiro atoms. The molecule has 5 rings (SSSR count). The van der Waals surface area contributed by atoms with Crippen molar-refractivity contribution in [3.8, 4) is 11.1 Å². The minimum atomic E-state index is -3.15. The quantitative estimate of drug-likeness (QED) is 0.357.